The van der Waals surface area contributed by atoms with Crippen LogP contribution in [0.3, 0.4) is 0 Å². The highest BCUT2D eigenvalue weighted by Crippen LogP contribution is 2.18. The molecule has 0 aromatic rings. The van der Waals surface area contributed by atoms with Crippen LogP contribution in [0.4, 0.5) is 0 Å². The molecule has 0 aliphatic carbocycles. The van der Waals surface area contributed by atoms with Crippen LogP contribution in [0.2, 0.25) is 0 Å². The maximum Gasteiger partial charge on any atom is 0.306 e. The Hall–Kier alpha value is -1.10. The number of ether oxygens (including phenoxy) is 2. The summed E-state index contributed by atoms with van der Waals surface area (Å²) < 4.78 is 11.5. The third kappa shape index (κ3) is 38.4. The molecule has 0 rings (SSSR count). The first-order valence-corrected chi connectivity index (χ1v) is 23.1. The summed E-state index contributed by atoms with van der Waals surface area (Å²) in [5.74, 6) is 0.0320. The quantitative estimate of drug-likeness (QED) is 0.0464. The number of rotatable bonds is 42. The number of hydrogen-bond acceptors (Lipinski definition) is 5. The summed E-state index contributed by atoms with van der Waals surface area (Å²) in [7, 11) is 0. The molecule has 0 spiro atoms. The minimum atomic E-state index is -0.00538. The molecule has 0 unspecified atom stereocenters. The zero-order valence-electron chi connectivity index (χ0n) is 35.2. The van der Waals surface area contributed by atoms with Gasteiger partial charge in [0.1, 0.15) is 6.10 Å². The molecule has 0 heterocycles. The topological polar surface area (TPSA) is 55.8 Å². The molecule has 0 fully saturated rings. The summed E-state index contributed by atoms with van der Waals surface area (Å²) in [5.41, 5.74) is 0. The van der Waals surface area contributed by atoms with E-state index >= 15 is 0 Å². The third-order valence-corrected chi connectivity index (χ3v) is 10.7. The van der Waals surface area contributed by atoms with Crippen molar-refractivity contribution in [3.63, 3.8) is 0 Å². The molecule has 0 atom stereocenters. The van der Waals surface area contributed by atoms with Gasteiger partial charge in [-0.3, -0.25) is 9.59 Å². The summed E-state index contributed by atoms with van der Waals surface area (Å²) in [5, 5.41) is 0. The van der Waals surface area contributed by atoms with E-state index in [-0.39, 0.29) is 18.0 Å². The van der Waals surface area contributed by atoms with E-state index in [1.54, 1.807) is 0 Å². The second kappa shape index (κ2) is 41.7. The Kier molecular flexibility index (Phi) is 40.8. The molecule has 5 nitrogen and oxygen atoms in total. The normalized spacial score (nSPS) is 11.6. The van der Waals surface area contributed by atoms with Crippen molar-refractivity contribution < 1.29 is 19.1 Å². The number of hydrogen-bond donors (Lipinski definition) is 0. The van der Waals surface area contributed by atoms with Gasteiger partial charge in [0, 0.05) is 12.8 Å². The van der Waals surface area contributed by atoms with E-state index in [9.17, 15) is 9.59 Å². The van der Waals surface area contributed by atoms with Crippen LogP contribution in [0, 0.1) is 0 Å². The lowest BCUT2D eigenvalue weighted by Gasteiger charge is -2.20. The minimum Gasteiger partial charge on any atom is -0.466 e. The first-order chi connectivity index (χ1) is 25.1. The molecule has 304 valence electrons. The molecular formula is C46H91NO4. The SMILES string of the molecule is CCCCCCCCCCCCOC(=O)CCCCCCN(CC)CCCCCCCC(=O)OC(CCCCCCCC)CCCCCCCC. The lowest BCUT2D eigenvalue weighted by Crippen LogP contribution is -2.25. The van der Waals surface area contributed by atoms with Crippen molar-refractivity contribution in [2.75, 3.05) is 26.2 Å². The van der Waals surface area contributed by atoms with Crippen LogP contribution in [0.5, 0.6) is 0 Å². The Morgan fingerprint density at radius 2 is 0.765 bits per heavy atom. The predicted octanol–water partition coefficient (Wildman–Crippen LogP) is 14.5. The van der Waals surface area contributed by atoms with Crippen molar-refractivity contribution >= 4 is 11.9 Å². The van der Waals surface area contributed by atoms with E-state index < -0.39 is 0 Å². The molecule has 0 aromatic heterocycles. The van der Waals surface area contributed by atoms with Crippen LogP contribution in [0.1, 0.15) is 252 Å². The van der Waals surface area contributed by atoms with E-state index in [0.29, 0.717) is 19.4 Å². The fourth-order valence-corrected chi connectivity index (χ4v) is 7.18. The highest BCUT2D eigenvalue weighted by atomic mass is 16.5. The minimum absolute atomic E-state index is 0.00538. The van der Waals surface area contributed by atoms with E-state index in [2.05, 4.69) is 32.6 Å². The maximum absolute atomic E-state index is 12.7. The number of nitrogens with zero attached hydrogens (tertiary/aromatic N) is 1. The highest BCUT2D eigenvalue weighted by Gasteiger charge is 2.14. The summed E-state index contributed by atoms with van der Waals surface area (Å²) in [4.78, 5) is 27.3. The molecule has 0 saturated heterocycles. The molecule has 0 bridgehead atoms. The van der Waals surface area contributed by atoms with Gasteiger partial charge >= 0.3 is 11.9 Å². The van der Waals surface area contributed by atoms with Gasteiger partial charge in [-0.25, -0.2) is 0 Å². The summed E-state index contributed by atoms with van der Waals surface area (Å²) in [6, 6.07) is 0. The molecule has 0 aromatic carbocycles. The van der Waals surface area contributed by atoms with Crippen molar-refractivity contribution in [2.24, 2.45) is 0 Å². The van der Waals surface area contributed by atoms with Crippen molar-refractivity contribution in [2.45, 2.75) is 259 Å². The van der Waals surface area contributed by atoms with Crippen molar-refractivity contribution in [3.05, 3.63) is 0 Å². The smallest absolute Gasteiger partial charge is 0.306 e. The summed E-state index contributed by atoms with van der Waals surface area (Å²) in [6.07, 6.45) is 42.2. The van der Waals surface area contributed by atoms with Crippen molar-refractivity contribution in [3.8, 4) is 0 Å². The highest BCUT2D eigenvalue weighted by molar-refractivity contribution is 5.69. The number of carbonyl (C=O) groups excluding carboxylic acids is 2. The van der Waals surface area contributed by atoms with Crippen LogP contribution in [-0.4, -0.2) is 49.2 Å². The molecule has 5 heteroatoms. The van der Waals surface area contributed by atoms with Crippen LogP contribution >= 0.6 is 0 Å². The molecule has 51 heavy (non-hydrogen) atoms. The molecule has 0 aliphatic heterocycles. The first-order valence-electron chi connectivity index (χ1n) is 23.1. The monoisotopic (exact) mass is 722 g/mol. The third-order valence-electron chi connectivity index (χ3n) is 10.7. The Morgan fingerprint density at radius 1 is 0.412 bits per heavy atom. The average molecular weight is 722 g/mol. The average Bonchev–Trinajstić information content (AvgIpc) is 3.13. The summed E-state index contributed by atoms with van der Waals surface area (Å²) in [6.45, 7) is 13.1. The molecule has 0 amide bonds. The zero-order valence-corrected chi connectivity index (χ0v) is 35.2. The van der Waals surface area contributed by atoms with Gasteiger partial charge in [0.05, 0.1) is 6.61 Å². The van der Waals surface area contributed by atoms with Crippen molar-refractivity contribution in [1.82, 2.24) is 4.90 Å². The number of carbonyl (C=O) groups is 2. The first kappa shape index (κ1) is 49.9. The van der Waals surface area contributed by atoms with E-state index in [0.717, 1.165) is 58.0 Å². The van der Waals surface area contributed by atoms with Gasteiger partial charge in [0.2, 0.25) is 0 Å². The number of unbranched alkanes of at least 4 members (excludes halogenated alkanes) is 26. The van der Waals surface area contributed by atoms with E-state index in [1.807, 2.05) is 0 Å². The second-order valence-corrected chi connectivity index (χ2v) is 15.7. The van der Waals surface area contributed by atoms with Gasteiger partial charge in [-0.15, -0.1) is 0 Å². The predicted molar refractivity (Wildman–Crippen MR) is 222 cm³/mol. The van der Waals surface area contributed by atoms with Crippen molar-refractivity contribution in [1.29, 1.82) is 0 Å². The van der Waals surface area contributed by atoms with E-state index in [4.69, 9.17) is 9.47 Å². The molecular weight excluding hydrogens is 631 g/mol. The molecule has 0 aliphatic rings. The van der Waals surface area contributed by atoms with E-state index in [1.165, 1.54) is 173 Å². The molecule has 0 saturated carbocycles. The zero-order chi connectivity index (χ0) is 37.3. The fourth-order valence-electron chi connectivity index (χ4n) is 7.18. The second-order valence-electron chi connectivity index (χ2n) is 15.7. The maximum atomic E-state index is 12.7. The van der Waals surface area contributed by atoms with Crippen LogP contribution < -0.4 is 0 Å². The fraction of sp³-hybridized carbons (Fsp3) is 0.957. The largest absolute Gasteiger partial charge is 0.466 e. The number of esters is 2. The lowest BCUT2D eigenvalue weighted by atomic mass is 10.0. The summed E-state index contributed by atoms with van der Waals surface area (Å²) >= 11 is 0. The lowest BCUT2D eigenvalue weighted by molar-refractivity contribution is -0.150. The Balaban J connectivity index is 3.82. The van der Waals surface area contributed by atoms with Gasteiger partial charge < -0.3 is 14.4 Å². The van der Waals surface area contributed by atoms with Crippen LogP contribution in [-0.2, 0) is 19.1 Å². The van der Waals surface area contributed by atoms with Gasteiger partial charge in [0.15, 0.2) is 0 Å². The Labute approximate surface area is 319 Å². The van der Waals surface area contributed by atoms with Gasteiger partial charge in [0.25, 0.3) is 0 Å². The molecule has 0 N–H and O–H groups in total. The Bertz CT molecular complexity index is 697. The standard InChI is InChI=1S/C46H91NO4/c1-5-9-12-15-18-19-20-21-29-36-43-50-45(48)39-32-26-28-35-42-47(8-4)41-34-27-22-25-33-40-46(49)51-44(37-30-23-16-13-10-6-2)38-31-24-17-14-11-7-3/h44H,5-43H2,1-4H3. The molecule has 0 radical (unpaired) electrons. The van der Waals surface area contributed by atoms with Gasteiger partial charge in [-0.2, -0.15) is 0 Å². The van der Waals surface area contributed by atoms with Gasteiger partial charge in [-0.1, -0.05) is 182 Å². The van der Waals surface area contributed by atoms with Gasteiger partial charge in [-0.05, 0) is 77.4 Å². The Morgan fingerprint density at radius 3 is 1.20 bits per heavy atom. The van der Waals surface area contributed by atoms with Crippen LogP contribution in [0.25, 0.3) is 0 Å². The van der Waals surface area contributed by atoms with Crippen LogP contribution in [0.15, 0.2) is 0 Å².